The number of carbonyl (C=O) groups is 2. The van der Waals surface area contributed by atoms with Gasteiger partial charge in [0.05, 0.1) is 0 Å². The largest absolute Gasteiger partial charge is 0.475 e. The summed E-state index contributed by atoms with van der Waals surface area (Å²) >= 11 is 0. The molecule has 1 N–H and O–H groups in total. The Morgan fingerprint density at radius 2 is 1.75 bits per heavy atom. The molecule has 0 aliphatic carbocycles. The molecule has 0 unspecified atom stereocenters. The molecule has 82 valence electrons. The maximum Gasteiger partial charge on any atom is 0.376 e. The van der Waals surface area contributed by atoms with Gasteiger partial charge in [-0.3, -0.25) is 4.79 Å². The highest BCUT2D eigenvalue weighted by Crippen LogP contribution is 2.06. The van der Waals surface area contributed by atoms with Crippen LogP contribution in [0, 0.1) is 0 Å². The van der Waals surface area contributed by atoms with Gasteiger partial charge >= 0.3 is 5.97 Å². The van der Waals surface area contributed by atoms with Gasteiger partial charge in [-0.05, 0) is 18.6 Å². The number of hydrogen-bond donors (Lipinski definition) is 1. The average Bonchev–Trinajstić information content (AvgIpc) is 2.27. The molecule has 16 heavy (non-hydrogen) atoms. The van der Waals surface area contributed by atoms with Gasteiger partial charge in [-0.15, -0.1) is 0 Å². The standard InChI is InChI=1S/C13H12O3/c1-10(7-8-12(14)13(15)16)9-11-5-3-2-4-6-11/h2-9H,1H3,(H,15,16). The zero-order valence-corrected chi connectivity index (χ0v) is 8.88. The quantitative estimate of drug-likeness (QED) is 0.477. The van der Waals surface area contributed by atoms with Crippen LogP contribution in [0.2, 0.25) is 0 Å². The van der Waals surface area contributed by atoms with Crippen LogP contribution in [0.5, 0.6) is 0 Å². The number of rotatable bonds is 4. The number of allylic oxidation sites excluding steroid dienone is 2. The zero-order chi connectivity index (χ0) is 12.0. The van der Waals surface area contributed by atoms with Crippen LogP contribution in [-0.4, -0.2) is 16.9 Å². The van der Waals surface area contributed by atoms with Crippen LogP contribution >= 0.6 is 0 Å². The van der Waals surface area contributed by atoms with Crippen LogP contribution in [0.3, 0.4) is 0 Å². The van der Waals surface area contributed by atoms with Crippen molar-refractivity contribution >= 4 is 17.8 Å². The summed E-state index contributed by atoms with van der Waals surface area (Å²) in [6.45, 7) is 1.80. The second kappa shape index (κ2) is 5.66. The smallest absolute Gasteiger partial charge is 0.376 e. The maximum atomic E-state index is 10.8. The van der Waals surface area contributed by atoms with Crippen LogP contribution in [0.4, 0.5) is 0 Å². The van der Waals surface area contributed by atoms with E-state index < -0.39 is 11.8 Å². The minimum absolute atomic E-state index is 0.820. The molecule has 1 aromatic rings. The van der Waals surface area contributed by atoms with Crippen LogP contribution < -0.4 is 0 Å². The highest BCUT2D eigenvalue weighted by atomic mass is 16.4. The normalized spacial score (nSPS) is 11.7. The Hall–Kier alpha value is -2.16. The first kappa shape index (κ1) is 11.9. The van der Waals surface area contributed by atoms with E-state index in [1.54, 1.807) is 6.92 Å². The number of carboxylic acids is 1. The first-order valence-electron chi connectivity index (χ1n) is 4.78. The molecule has 3 heteroatoms. The second-order valence-corrected chi connectivity index (χ2v) is 3.30. The van der Waals surface area contributed by atoms with Crippen molar-refractivity contribution in [2.24, 2.45) is 0 Å². The zero-order valence-electron chi connectivity index (χ0n) is 8.88. The number of aliphatic carboxylic acids is 1. The molecule has 0 radical (unpaired) electrons. The molecular formula is C13H12O3. The van der Waals surface area contributed by atoms with Crippen molar-refractivity contribution in [3.05, 3.63) is 53.6 Å². The Bertz CT molecular complexity index is 442. The van der Waals surface area contributed by atoms with Crippen molar-refractivity contribution in [3.63, 3.8) is 0 Å². The molecule has 0 atom stereocenters. The number of benzene rings is 1. The second-order valence-electron chi connectivity index (χ2n) is 3.30. The van der Waals surface area contributed by atoms with E-state index in [-0.39, 0.29) is 0 Å². The van der Waals surface area contributed by atoms with Gasteiger partial charge in [-0.1, -0.05) is 48.1 Å². The molecule has 0 amide bonds. The summed E-state index contributed by atoms with van der Waals surface area (Å²) in [5.74, 6) is -2.36. The van der Waals surface area contributed by atoms with E-state index in [9.17, 15) is 9.59 Å². The third-order valence-electron chi connectivity index (χ3n) is 1.90. The number of carbonyl (C=O) groups excluding carboxylic acids is 1. The predicted molar refractivity (Wildman–Crippen MR) is 61.9 cm³/mol. The number of carboxylic acid groups (broad SMARTS) is 1. The van der Waals surface area contributed by atoms with E-state index in [0.717, 1.165) is 17.2 Å². The lowest BCUT2D eigenvalue weighted by Crippen LogP contribution is -2.08. The Labute approximate surface area is 93.7 Å². The van der Waals surface area contributed by atoms with Gasteiger partial charge in [0.1, 0.15) is 0 Å². The first-order chi connectivity index (χ1) is 7.59. The summed E-state index contributed by atoms with van der Waals surface area (Å²) in [7, 11) is 0. The fourth-order valence-corrected chi connectivity index (χ4v) is 1.14. The highest BCUT2D eigenvalue weighted by Gasteiger charge is 2.04. The van der Waals surface area contributed by atoms with E-state index in [1.807, 2.05) is 36.4 Å². The Morgan fingerprint density at radius 3 is 2.31 bits per heavy atom. The fraction of sp³-hybridized carbons (Fsp3) is 0.0769. The molecule has 0 saturated heterocycles. The first-order valence-corrected chi connectivity index (χ1v) is 4.78. The summed E-state index contributed by atoms with van der Waals surface area (Å²) in [5, 5.41) is 8.36. The van der Waals surface area contributed by atoms with E-state index in [0.29, 0.717) is 0 Å². The van der Waals surface area contributed by atoms with Crippen molar-refractivity contribution in [3.8, 4) is 0 Å². The van der Waals surface area contributed by atoms with Crippen LogP contribution in [-0.2, 0) is 9.59 Å². The lowest BCUT2D eigenvalue weighted by Gasteiger charge is -1.94. The third-order valence-corrected chi connectivity index (χ3v) is 1.90. The summed E-state index contributed by atoms with van der Waals surface area (Å²) in [5.41, 5.74) is 1.83. The molecule has 1 rings (SSSR count). The molecule has 1 aromatic carbocycles. The van der Waals surface area contributed by atoms with Crippen LogP contribution in [0.1, 0.15) is 12.5 Å². The van der Waals surface area contributed by atoms with E-state index in [4.69, 9.17) is 5.11 Å². The molecule has 0 spiro atoms. The van der Waals surface area contributed by atoms with Gasteiger partial charge in [0, 0.05) is 0 Å². The average molecular weight is 216 g/mol. The van der Waals surface area contributed by atoms with E-state index >= 15 is 0 Å². The van der Waals surface area contributed by atoms with Gasteiger partial charge in [-0.2, -0.15) is 0 Å². The molecule has 0 saturated carbocycles. The van der Waals surface area contributed by atoms with Crippen molar-refractivity contribution < 1.29 is 14.7 Å². The monoisotopic (exact) mass is 216 g/mol. The van der Waals surface area contributed by atoms with Crippen molar-refractivity contribution in [2.75, 3.05) is 0 Å². The van der Waals surface area contributed by atoms with Crippen molar-refractivity contribution in [1.29, 1.82) is 0 Å². The Kier molecular flexibility index (Phi) is 4.21. The maximum absolute atomic E-state index is 10.8. The summed E-state index contributed by atoms with van der Waals surface area (Å²) < 4.78 is 0. The Balaban J connectivity index is 2.73. The minimum Gasteiger partial charge on any atom is -0.475 e. The fourth-order valence-electron chi connectivity index (χ4n) is 1.14. The minimum atomic E-state index is -1.44. The molecular weight excluding hydrogens is 204 g/mol. The topological polar surface area (TPSA) is 54.4 Å². The molecule has 0 aromatic heterocycles. The lowest BCUT2D eigenvalue weighted by atomic mass is 10.1. The van der Waals surface area contributed by atoms with Gasteiger partial charge in [0.2, 0.25) is 0 Å². The molecule has 0 bridgehead atoms. The van der Waals surface area contributed by atoms with E-state index in [1.165, 1.54) is 6.08 Å². The van der Waals surface area contributed by atoms with Crippen LogP contribution in [0.15, 0.2) is 48.1 Å². The van der Waals surface area contributed by atoms with Crippen molar-refractivity contribution in [1.82, 2.24) is 0 Å². The predicted octanol–water partition coefficient (Wildman–Crippen LogP) is 2.30. The molecule has 0 heterocycles. The summed E-state index contributed by atoms with van der Waals surface area (Å²) in [6.07, 6.45) is 4.41. The molecule has 0 fully saturated rings. The lowest BCUT2D eigenvalue weighted by molar-refractivity contribution is -0.146. The van der Waals surface area contributed by atoms with Gasteiger partial charge in [-0.25, -0.2) is 4.79 Å². The number of hydrogen-bond acceptors (Lipinski definition) is 2. The molecule has 0 aliphatic rings. The van der Waals surface area contributed by atoms with Crippen LogP contribution in [0.25, 0.3) is 6.08 Å². The highest BCUT2D eigenvalue weighted by molar-refractivity contribution is 6.37. The van der Waals surface area contributed by atoms with E-state index in [2.05, 4.69) is 0 Å². The van der Waals surface area contributed by atoms with Gasteiger partial charge in [0.25, 0.3) is 5.78 Å². The van der Waals surface area contributed by atoms with Gasteiger partial charge in [0.15, 0.2) is 0 Å². The SMILES string of the molecule is CC(C=CC(=O)C(=O)O)=Cc1ccccc1. The Morgan fingerprint density at radius 1 is 1.12 bits per heavy atom. The molecule has 3 nitrogen and oxygen atoms in total. The van der Waals surface area contributed by atoms with Gasteiger partial charge < -0.3 is 5.11 Å². The third kappa shape index (κ3) is 3.92. The number of ketones is 1. The summed E-state index contributed by atoms with van der Waals surface area (Å²) in [4.78, 5) is 21.0. The summed E-state index contributed by atoms with van der Waals surface area (Å²) in [6, 6.07) is 9.58. The molecule has 0 aliphatic heterocycles. The van der Waals surface area contributed by atoms with Crippen molar-refractivity contribution in [2.45, 2.75) is 6.92 Å².